The summed E-state index contributed by atoms with van der Waals surface area (Å²) < 4.78 is 0. The fourth-order valence-corrected chi connectivity index (χ4v) is 1.48. The Morgan fingerprint density at radius 3 is 2.53 bits per heavy atom. The lowest BCUT2D eigenvalue weighted by Gasteiger charge is -2.06. The van der Waals surface area contributed by atoms with E-state index in [1.54, 1.807) is 0 Å². The van der Waals surface area contributed by atoms with Gasteiger partial charge in [-0.05, 0) is 18.6 Å². The summed E-state index contributed by atoms with van der Waals surface area (Å²) in [6, 6.07) is 4.32. The van der Waals surface area contributed by atoms with Gasteiger partial charge in [0.1, 0.15) is 6.29 Å². The standard InChI is InChI=1S/C12H13NO4/c13-11-8(10(15)6-1-2-7-14)4-3-5-9(11)12(16)17/h3-5,7H,1-2,6,13H2,(H,16,17). The van der Waals surface area contributed by atoms with Crippen molar-refractivity contribution in [2.45, 2.75) is 19.3 Å². The molecule has 0 saturated heterocycles. The average molecular weight is 235 g/mol. The lowest BCUT2D eigenvalue weighted by atomic mass is 10.0. The summed E-state index contributed by atoms with van der Waals surface area (Å²) in [6.45, 7) is 0. The number of aromatic carboxylic acids is 1. The Hall–Kier alpha value is -2.17. The molecule has 5 nitrogen and oxygen atoms in total. The van der Waals surface area contributed by atoms with Crippen LogP contribution in [0.3, 0.4) is 0 Å². The van der Waals surface area contributed by atoms with E-state index in [-0.39, 0.29) is 29.0 Å². The van der Waals surface area contributed by atoms with Crippen LogP contribution in [0.1, 0.15) is 40.0 Å². The first kappa shape index (κ1) is 12.9. The van der Waals surface area contributed by atoms with Crippen LogP contribution < -0.4 is 5.73 Å². The lowest BCUT2D eigenvalue weighted by molar-refractivity contribution is -0.107. The molecule has 3 N–H and O–H groups in total. The zero-order chi connectivity index (χ0) is 12.8. The smallest absolute Gasteiger partial charge is 0.337 e. The number of carboxylic acid groups (broad SMARTS) is 1. The predicted molar refractivity (Wildman–Crippen MR) is 62.1 cm³/mol. The van der Waals surface area contributed by atoms with Gasteiger partial charge in [-0.1, -0.05) is 6.07 Å². The minimum atomic E-state index is -1.16. The number of carbonyl (C=O) groups is 3. The summed E-state index contributed by atoms with van der Waals surface area (Å²) in [4.78, 5) is 32.7. The molecule has 0 spiro atoms. The summed E-state index contributed by atoms with van der Waals surface area (Å²) in [6.07, 6.45) is 1.68. The zero-order valence-electron chi connectivity index (χ0n) is 9.18. The average Bonchev–Trinajstić information content (AvgIpc) is 2.29. The highest BCUT2D eigenvalue weighted by Gasteiger charge is 2.15. The molecule has 0 heterocycles. The molecule has 0 aromatic heterocycles. The molecule has 5 heteroatoms. The SMILES string of the molecule is Nc1c(C(=O)O)cccc1C(=O)CCCC=O. The van der Waals surface area contributed by atoms with Gasteiger partial charge < -0.3 is 15.6 Å². The molecule has 90 valence electrons. The second-order valence-electron chi connectivity index (χ2n) is 3.55. The van der Waals surface area contributed by atoms with Crippen molar-refractivity contribution < 1.29 is 19.5 Å². The molecule has 1 aromatic carbocycles. The van der Waals surface area contributed by atoms with Gasteiger partial charge in [-0.2, -0.15) is 0 Å². The minimum absolute atomic E-state index is 0.0175. The molecule has 0 atom stereocenters. The van der Waals surface area contributed by atoms with Gasteiger partial charge in [0.15, 0.2) is 5.78 Å². The Morgan fingerprint density at radius 2 is 1.94 bits per heavy atom. The van der Waals surface area contributed by atoms with Gasteiger partial charge in [-0.25, -0.2) is 4.79 Å². The van der Waals surface area contributed by atoms with E-state index < -0.39 is 5.97 Å². The van der Waals surface area contributed by atoms with E-state index in [1.165, 1.54) is 18.2 Å². The van der Waals surface area contributed by atoms with Gasteiger partial charge in [0.2, 0.25) is 0 Å². The third-order valence-electron chi connectivity index (χ3n) is 2.36. The molecule has 0 aliphatic heterocycles. The van der Waals surface area contributed by atoms with Crippen LogP contribution in [0.4, 0.5) is 5.69 Å². The largest absolute Gasteiger partial charge is 0.478 e. The van der Waals surface area contributed by atoms with Crippen molar-refractivity contribution in [2.24, 2.45) is 0 Å². The number of aldehydes is 1. The van der Waals surface area contributed by atoms with Gasteiger partial charge in [0.05, 0.1) is 11.3 Å². The number of nitrogen functional groups attached to an aromatic ring is 1. The molecule has 0 unspecified atom stereocenters. The van der Waals surface area contributed by atoms with E-state index in [4.69, 9.17) is 10.8 Å². The van der Waals surface area contributed by atoms with Gasteiger partial charge in [-0.3, -0.25) is 4.79 Å². The van der Waals surface area contributed by atoms with E-state index in [9.17, 15) is 14.4 Å². The molecule has 0 saturated carbocycles. The third-order valence-corrected chi connectivity index (χ3v) is 2.36. The van der Waals surface area contributed by atoms with Gasteiger partial charge in [0, 0.05) is 18.4 Å². The molecule has 0 fully saturated rings. The molecule has 1 rings (SSSR count). The Morgan fingerprint density at radius 1 is 1.29 bits per heavy atom. The number of unbranched alkanes of at least 4 members (excludes halogenated alkanes) is 1. The van der Waals surface area contributed by atoms with Crippen molar-refractivity contribution in [2.75, 3.05) is 5.73 Å². The summed E-state index contributed by atoms with van der Waals surface area (Å²) >= 11 is 0. The van der Waals surface area contributed by atoms with Crippen molar-refractivity contribution in [1.82, 2.24) is 0 Å². The number of ketones is 1. The second-order valence-corrected chi connectivity index (χ2v) is 3.55. The molecular formula is C12H13NO4. The van der Waals surface area contributed by atoms with Crippen molar-refractivity contribution in [3.05, 3.63) is 29.3 Å². The lowest BCUT2D eigenvalue weighted by Crippen LogP contribution is -2.09. The number of carbonyl (C=O) groups excluding carboxylic acids is 2. The highest BCUT2D eigenvalue weighted by Crippen LogP contribution is 2.19. The molecule has 0 aliphatic rings. The maximum atomic E-state index is 11.7. The van der Waals surface area contributed by atoms with Crippen LogP contribution in [0, 0.1) is 0 Å². The number of para-hydroxylation sites is 1. The number of rotatable bonds is 6. The number of hydrogen-bond donors (Lipinski definition) is 2. The first-order valence-corrected chi connectivity index (χ1v) is 5.16. The fraction of sp³-hybridized carbons (Fsp3) is 0.250. The van der Waals surface area contributed by atoms with E-state index in [0.717, 1.165) is 6.29 Å². The molecular weight excluding hydrogens is 222 g/mol. The molecule has 0 aliphatic carbocycles. The van der Waals surface area contributed by atoms with Crippen LogP contribution in [-0.2, 0) is 4.79 Å². The van der Waals surface area contributed by atoms with E-state index in [1.807, 2.05) is 0 Å². The molecule has 17 heavy (non-hydrogen) atoms. The quantitative estimate of drug-likeness (QED) is 0.337. The monoisotopic (exact) mass is 235 g/mol. The summed E-state index contributed by atoms with van der Waals surface area (Å²) in [7, 11) is 0. The number of nitrogens with two attached hydrogens (primary N) is 1. The number of carboxylic acids is 1. The van der Waals surface area contributed by atoms with Crippen molar-refractivity contribution >= 4 is 23.7 Å². The predicted octanol–water partition coefficient (Wildman–Crippen LogP) is 1.52. The Bertz CT molecular complexity index is 454. The Labute approximate surface area is 98.2 Å². The highest BCUT2D eigenvalue weighted by atomic mass is 16.4. The molecule has 0 amide bonds. The summed E-state index contributed by atoms with van der Waals surface area (Å²) in [5, 5.41) is 8.85. The molecule has 1 aromatic rings. The van der Waals surface area contributed by atoms with Crippen LogP contribution in [0.2, 0.25) is 0 Å². The fourth-order valence-electron chi connectivity index (χ4n) is 1.48. The maximum Gasteiger partial charge on any atom is 0.337 e. The van der Waals surface area contributed by atoms with Crippen LogP contribution in [0.5, 0.6) is 0 Å². The minimum Gasteiger partial charge on any atom is -0.478 e. The van der Waals surface area contributed by atoms with Crippen LogP contribution in [0.15, 0.2) is 18.2 Å². The number of benzene rings is 1. The Balaban J connectivity index is 2.90. The zero-order valence-corrected chi connectivity index (χ0v) is 9.18. The van der Waals surface area contributed by atoms with Crippen molar-refractivity contribution in [3.63, 3.8) is 0 Å². The molecule has 0 radical (unpaired) electrons. The molecule has 0 bridgehead atoms. The van der Waals surface area contributed by atoms with E-state index >= 15 is 0 Å². The normalized spacial score (nSPS) is 9.88. The number of Topliss-reactive ketones (excluding diaryl/α,β-unsaturated/α-hetero) is 1. The van der Waals surface area contributed by atoms with Crippen molar-refractivity contribution in [3.8, 4) is 0 Å². The van der Waals surface area contributed by atoms with Gasteiger partial charge >= 0.3 is 5.97 Å². The first-order chi connectivity index (χ1) is 8.07. The number of anilines is 1. The number of hydrogen-bond acceptors (Lipinski definition) is 4. The van der Waals surface area contributed by atoms with E-state index in [0.29, 0.717) is 12.8 Å². The summed E-state index contributed by atoms with van der Waals surface area (Å²) in [5.41, 5.74) is 5.73. The Kier molecular flexibility index (Phi) is 4.39. The topological polar surface area (TPSA) is 97.5 Å². The third kappa shape index (κ3) is 3.14. The van der Waals surface area contributed by atoms with Gasteiger partial charge in [-0.15, -0.1) is 0 Å². The van der Waals surface area contributed by atoms with E-state index in [2.05, 4.69) is 0 Å². The van der Waals surface area contributed by atoms with Crippen LogP contribution in [-0.4, -0.2) is 23.1 Å². The summed E-state index contributed by atoms with van der Waals surface area (Å²) in [5.74, 6) is -1.41. The van der Waals surface area contributed by atoms with Crippen LogP contribution in [0.25, 0.3) is 0 Å². The first-order valence-electron chi connectivity index (χ1n) is 5.16. The second kappa shape index (κ2) is 5.79. The maximum absolute atomic E-state index is 11.7. The van der Waals surface area contributed by atoms with Crippen molar-refractivity contribution in [1.29, 1.82) is 0 Å². The van der Waals surface area contributed by atoms with Gasteiger partial charge in [0.25, 0.3) is 0 Å². The van der Waals surface area contributed by atoms with Crippen LogP contribution >= 0.6 is 0 Å². The highest BCUT2D eigenvalue weighted by molar-refractivity contribution is 6.06.